The quantitative estimate of drug-likeness (QED) is 0.747. The number of likely N-dealkylation sites (N-methyl/N-ethyl adjacent to an activating group) is 1. The molecule has 1 aliphatic rings. The predicted octanol–water partition coefficient (Wildman–Crippen LogP) is 2.62. The van der Waals surface area contributed by atoms with Gasteiger partial charge in [-0.25, -0.2) is 0 Å². The van der Waals surface area contributed by atoms with Crippen molar-refractivity contribution in [1.29, 1.82) is 0 Å². The first-order valence-electron chi connectivity index (χ1n) is 8.06. The Labute approximate surface area is 119 Å². The predicted molar refractivity (Wildman–Crippen MR) is 82.1 cm³/mol. The molecule has 3 nitrogen and oxygen atoms in total. The Balaban J connectivity index is 2.51. The van der Waals surface area contributed by atoms with Crippen LogP contribution in [0.5, 0.6) is 0 Å². The summed E-state index contributed by atoms with van der Waals surface area (Å²) in [7, 11) is 0. The summed E-state index contributed by atoms with van der Waals surface area (Å²) in [5.41, 5.74) is 5.70. The van der Waals surface area contributed by atoms with E-state index in [0.717, 1.165) is 25.6 Å². The number of hydrogen-bond acceptors (Lipinski definition) is 3. The Hall–Kier alpha value is -0.120. The summed E-state index contributed by atoms with van der Waals surface area (Å²) in [6.45, 7) is 11.0. The van der Waals surface area contributed by atoms with Crippen molar-refractivity contribution in [3.8, 4) is 0 Å². The lowest BCUT2D eigenvalue weighted by Gasteiger charge is -2.38. The van der Waals surface area contributed by atoms with Crippen molar-refractivity contribution in [2.45, 2.75) is 71.4 Å². The highest BCUT2D eigenvalue weighted by molar-refractivity contribution is 4.85. The van der Waals surface area contributed by atoms with E-state index in [9.17, 15) is 5.11 Å². The zero-order valence-corrected chi connectivity index (χ0v) is 13.4. The molecule has 0 saturated heterocycles. The Kier molecular flexibility index (Phi) is 6.78. The second kappa shape index (κ2) is 7.61. The van der Waals surface area contributed by atoms with Crippen LogP contribution in [0.2, 0.25) is 0 Å². The van der Waals surface area contributed by atoms with Gasteiger partial charge in [0.05, 0.1) is 5.60 Å². The summed E-state index contributed by atoms with van der Waals surface area (Å²) in [6, 6.07) is 0.351. The molecule has 0 bridgehead atoms. The van der Waals surface area contributed by atoms with Crippen molar-refractivity contribution >= 4 is 0 Å². The zero-order chi connectivity index (χ0) is 14.5. The van der Waals surface area contributed by atoms with E-state index in [0.29, 0.717) is 12.0 Å². The van der Waals surface area contributed by atoms with Crippen molar-refractivity contribution in [2.75, 3.05) is 19.6 Å². The number of nitrogens with zero attached hydrogens (tertiary/aromatic N) is 1. The molecule has 1 rings (SSSR count). The van der Waals surface area contributed by atoms with E-state index < -0.39 is 5.60 Å². The van der Waals surface area contributed by atoms with Gasteiger partial charge in [0.25, 0.3) is 0 Å². The van der Waals surface area contributed by atoms with E-state index in [1.54, 1.807) is 0 Å². The van der Waals surface area contributed by atoms with Gasteiger partial charge in [-0.15, -0.1) is 0 Å². The van der Waals surface area contributed by atoms with Crippen molar-refractivity contribution < 1.29 is 5.11 Å². The minimum atomic E-state index is -0.614. The van der Waals surface area contributed by atoms with Crippen LogP contribution in [-0.2, 0) is 0 Å². The van der Waals surface area contributed by atoms with Crippen LogP contribution >= 0.6 is 0 Å². The molecule has 1 aliphatic carbocycles. The molecule has 1 fully saturated rings. The average molecular weight is 270 g/mol. The van der Waals surface area contributed by atoms with Gasteiger partial charge in [0.15, 0.2) is 0 Å². The molecule has 114 valence electrons. The van der Waals surface area contributed by atoms with Crippen molar-refractivity contribution in [1.82, 2.24) is 4.90 Å². The van der Waals surface area contributed by atoms with Crippen LogP contribution in [0.4, 0.5) is 0 Å². The lowest BCUT2D eigenvalue weighted by molar-refractivity contribution is 0.0271. The highest BCUT2D eigenvalue weighted by Crippen LogP contribution is 2.32. The Morgan fingerprint density at radius 1 is 1.26 bits per heavy atom. The molecule has 0 aromatic heterocycles. The summed E-state index contributed by atoms with van der Waals surface area (Å²) >= 11 is 0. The van der Waals surface area contributed by atoms with Crippen LogP contribution in [0.25, 0.3) is 0 Å². The molecule has 19 heavy (non-hydrogen) atoms. The molecule has 0 aromatic carbocycles. The number of nitrogens with two attached hydrogens (primary N) is 1. The fourth-order valence-corrected chi connectivity index (χ4v) is 3.45. The maximum Gasteiger partial charge on any atom is 0.0718 e. The summed E-state index contributed by atoms with van der Waals surface area (Å²) in [4.78, 5) is 2.36. The van der Waals surface area contributed by atoms with Crippen LogP contribution in [0.1, 0.15) is 59.8 Å². The van der Waals surface area contributed by atoms with Crippen molar-refractivity contribution in [2.24, 2.45) is 17.6 Å². The van der Waals surface area contributed by atoms with Gasteiger partial charge < -0.3 is 15.7 Å². The maximum absolute atomic E-state index is 9.98. The molecular formula is C16H34N2O. The maximum atomic E-state index is 9.98. The van der Waals surface area contributed by atoms with Crippen LogP contribution in [0, 0.1) is 11.8 Å². The van der Waals surface area contributed by atoms with E-state index in [1.807, 2.05) is 13.8 Å². The van der Waals surface area contributed by atoms with Crippen molar-refractivity contribution in [3.63, 3.8) is 0 Å². The summed E-state index contributed by atoms with van der Waals surface area (Å²) in [5, 5.41) is 9.98. The molecule has 0 spiro atoms. The summed E-state index contributed by atoms with van der Waals surface area (Å²) in [6.07, 6.45) is 6.39. The molecule has 1 saturated carbocycles. The minimum Gasteiger partial charge on any atom is -0.389 e. The van der Waals surface area contributed by atoms with Crippen molar-refractivity contribution in [3.05, 3.63) is 0 Å². The zero-order valence-electron chi connectivity index (χ0n) is 13.4. The highest BCUT2D eigenvalue weighted by atomic mass is 16.3. The smallest absolute Gasteiger partial charge is 0.0718 e. The standard InChI is InChI=1S/C16H34N2O/c1-5-7-13-8-9-15(17)14(10-13)11-18(6-2)12-16(3,4)19/h13-15,19H,5-12,17H2,1-4H3. The monoisotopic (exact) mass is 270 g/mol. The van der Waals surface area contributed by atoms with Gasteiger partial charge in [-0.05, 0) is 51.5 Å². The lowest BCUT2D eigenvalue weighted by atomic mass is 9.76. The van der Waals surface area contributed by atoms with E-state index in [-0.39, 0.29) is 0 Å². The summed E-state index contributed by atoms with van der Waals surface area (Å²) in [5.74, 6) is 1.48. The molecule has 3 N–H and O–H groups in total. The molecule has 3 unspecified atom stereocenters. The fourth-order valence-electron chi connectivity index (χ4n) is 3.45. The summed E-state index contributed by atoms with van der Waals surface area (Å²) < 4.78 is 0. The number of hydrogen-bond donors (Lipinski definition) is 2. The third kappa shape index (κ3) is 6.24. The van der Waals surface area contributed by atoms with Gasteiger partial charge in [-0.2, -0.15) is 0 Å². The fraction of sp³-hybridized carbons (Fsp3) is 1.00. The molecule has 3 atom stereocenters. The molecular weight excluding hydrogens is 236 g/mol. The van der Waals surface area contributed by atoms with E-state index in [4.69, 9.17) is 5.73 Å². The number of rotatable bonds is 7. The molecule has 0 aromatic rings. The second-order valence-electron chi connectivity index (χ2n) is 7.03. The van der Waals surface area contributed by atoms with Gasteiger partial charge in [0.2, 0.25) is 0 Å². The number of aliphatic hydroxyl groups is 1. The van der Waals surface area contributed by atoms with Gasteiger partial charge in [-0.3, -0.25) is 0 Å². The molecule has 0 aliphatic heterocycles. The second-order valence-corrected chi connectivity index (χ2v) is 7.03. The minimum absolute atomic E-state index is 0.351. The topological polar surface area (TPSA) is 49.5 Å². The lowest BCUT2D eigenvalue weighted by Crippen LogP contribution is -2.46. The van der Waals surface area contributed by atoms with Gasteiger partial charge in [-0.1, -0.05) is 26.7 Å². The molecule has 0 amide bonds. The largest absolute Gasteiger partial charge is 0.389 e. The van der Waals surface area contributed by atoms with Crippen LogP contribution in [-0.4, -0.2) is 41.3 Å². The first kappa shape index (κ1) is 16.9. The third-order valence-electron chi connectivity index (χ3n) is 4.40. The van der Waals surface area contributed by atoms with Crippen LogP contribution in [0.15, 0.2) is 0 Å². The molecule has 0 heterocycles. The van der Waals surface area contributed by atoms with Crippen LogP contribution in [0.3, 0.4) is 0 Å². The first-order chi connectivity index (χ1) is 8.85. The highest BCUT2D eigenvalue weighted by Gasteiger charge is 2.29. The molecule has 3 heteroatoms. The van der Waals surface area contributed by atoms with E-state index >= 15 is 0 Å². The van der Waals surface area contributed by atoms with Gasteiger partial charge in [0, 0.05) is 19.1 Å². The van der Waals surface area contributed by atoms with Gasteiger partial charge in [0.1, 0.15) is 0 Å². The Morgan fingerprint density at radius 2 is 1.95 bits per heavy atom. The average Bonchev–Trinajstić information content (AvgIpc) is 2.31. The van der Waals surface area contributed by atoms with E-state index in [1.165, 1.54) is 32.1 Å². The first-order valence-corrected chi connectivity index (χ1v) is 8.06. The third-order valence-corrected chi connectivity index (χ3v) is 4.40. The Bertz CT molecular complexity index is 250. The van der Waals surface area contributed by atoms with E-state index in [2.05, 4.69) is 18.7 Å². The normalized spacial score (nSPS) is 28.9. The van der Waals surface area contributed by atoms with Crippen LogP contribution < -0.4 is 5.73 Å². The SMILES string of the molecule is CCCC1CCC(N)C(CN(CC)CC(C)(C)O)C1. The van der Waals surface area contributed by atoms with Gasteiger partial charge >= 0.3 is 0 Å². The molecule has 0 radical (unpaired) electrons. The Morgan fingerprint density at radius 3 is 2.47 bits per heavy atom.